The fourth-order valence-electron chi connectivity index (χ4n) is 2.35. The molecule has 3 rings (SSSR count). The largest absolute Gasteiger partial charge is 0.489 e. The van der Waals surface area contributed by atoms with Gasteiger partial charge in [0.1, 0.15) is 12.4 Å². The lowest BCUT2D eigenvalue weighted by Crippen LogP contribution is -1.97. The normalized spacial score (nSPS) is 10.4. The maximum Gasteiger partial charge on any atom is 0.335 e. The summed E-state index contributed by atoms with van der Waals surface area (Å²) >= 11 is 6.19. The van der Waals surface area contributed by atoms with Gasteiger partial charge in [0, 0.05) is 10.6 Å². The van der Waals surface area contributed by atoms with E-state index in [2.05, 4.69) is 0 Å². The van der Waals surface area contributed by atoms with Crippen LogP contribution >= 0.6 is 11.6 Å². The minimum Gasteiger partial charge on any atom is -0.489 e. The molecule has 0 aliphatic rings. The Morgan fingerprint density at radius 1 is 0.958 bits per heavy atom. The number of hydrogen-bond donors (Lipinski definition) is 1. The van der Waals surface area contributed by atoms with Crippen LogP contribution in [0.25, 0.3) is 11.1 Å². The van der Waals surface area contributed by atoms with Crippen LogP contribution in [0.1, 0.15) is 15.9 Å². The summed E-state index contributed by atoms with van der Waals surface area (Å²) in [6.07, 6.45) is 0. The SMILES string of the molecule is O=C(O)c1ccc(Cl)c(-c2ccc(OCc3ccccc3)cc2)c1. The van der Waals surface area contributed by atoms with Crippen molar-refractivity contribution in [1.29, 1.82) is 0 Å². The van der Waals surface area contributed by atoms with Gasteiger partial charge in [-0.05, 0) is 41.5 Å². The van der Waals surface area contributed by atoms with E-state index in [1.165, 1.54) is 6.07 Å². The van der Waals surface area contributed by atoms with Crippen LogP contribution in [0.15, 0.2) is 72.8 Å². The molecule has 0 bridgehead atoms. The molecule has 3 nitrogen and oxygen atoms in total. The summed E-state index contributed by atoms with van der Waals surface area (Å²) in [5.41, 5.74) is 2.83. The topological polar surface area (TPSA) is 46.5 Å². The number of rotatable bonds is 5. The van der Waals surface area contributed by atoms with E-state index in [1.54, 1.807) is 12.1 Å². The van der Waals surface area contributed by atoms with Gasteiger partial charge in [0.2, 0.25) is 0 Å². The lowest BCUT2D eigenvalue weighted by atomic mass is 10.0. The average Bonchev–Trinajstić information content (AvgIpc) is 2.61. The molecule has 120 valence electrons. The third kappa shape index (κ3) is 3.76. The fraction of sp³-hybridized carbons (Fsp3) is 0.0500. The third-order valence-corrected chi connectivity index (χ3v) is 3.96. The smallest absolute Gasteiger partial charge is 0.335 e. The molecule has 0 fully saturated rings. The van der Waals surface area contributed by atoms with Crippen molar-refractivity contribution in [2.75, 3.05) is 0 Å². The van der Waals surface area contributed by atoms with Crippen LogP contribution < -0.4 is 4.74 Å². The van der Waals surface area contributed by atoms with Gasteiger partial charge in [0.15, 0.2) is 0 Å². The van der Waals surface area contributed by atoms with Crippen molar-refractivity contribution in [3.8, 4) is 16.9 Å². The number of carboxylic acid groups (broad SMARTS) is 1. The Morgan fingerprint density at radius 3 is 2.33 bits per heavy atom. The predicted octanol–water partition coefficient (Wildman–Crippen LogP) is 5.28. The van der Waals surface area contributed by atoms with Crippen LogP contribution in [0.2, 0.25) is 5.02 Å². The van der Waals surface area contributed by atoms with Gasteiger partial charge >= 0.3 is 5.97 Å². The molecule has 4 heteroatoms. The minimum absolute atomic E-state index is 0.207. The zero-order valence-corrected chi connectivity index (χ0v) is 13.5. The van der Waals surface area contributed by atoms with Crippen LogP contribution in [0.3, 0.4) is 0 Å². The van der Waals surface area contributed by atoms with Gasteiger partial charge in [0.25, 0.3) is 0 Å². The first-order valence-electron chi connectivity index (χ1n) is 7.43. The molecular formula is C20H15ClO3. The Bertz CT molecular complexity index is 843. The quantitative estimate of drug-likeness (QED) is 0.688. The van der Waals surface area contributed by atoms with Gasteiger partial charge < -0.3 is 9.84 Å². The van der Waals surface area contributed by atoms with E-state index < -0.39 is 5.97 Å². The molecule has 0 aliphatic heterocycles. The van der Waals surface area contributed by atoms with Crippen molar-refractivity contribution in [1.82, 2.24) is 0 Å². The maximum absolute atomic E-state index is 11.1. The van der Waals surface area contributed by atoms with Crippen LogP contribution in [0, 0.1) is 0 Å². The summed E-state index contributed by atoms with van der Waals surface area (Å²) in [4.78, 5) is 11.1. The van der Waals surface area contributed by atoms with Crippen molar-refractivity contribution in [2.45, 2.75) is 6.61 Å². The van der Waals surface area contributed by atoms with Crippen LogP contribution in [-0.2, 0) is 6.61 Å². The van der Waals surface area contributed by atoms with E-state index >= 15 is 0 Å². The first kappa shape index (κ1) is 16.1. The van der Waals surface area contributed by atoms with Gasteiger partial charge in [0.05, 0.1) is 5.56 Å². The second kappa shape index (κ2) is 7.20. The molecule has 0 unspecified atom stereocenters. The third-order valence-electron chi connectivity index (χ3n) is 3.63. The van der Waals surface area contributed by atoms with E-state index in [4.69, 9.17) is 21.4 Å². The molecule has 0 saturated heterocycles. The van der Waals surface area contributed by atoms with Crippen molar-refractivity contribution < 1.29 is 14.6 Å². The molecule has 0 radical (unpaired) electrons. The minimum atomic E-state index is -0.976. The number of ether oxygens (including phenoxy) is 1. The van der Waals surface area contributed by atoms with E-state index in [1.807, 2.05) is 54.6 Å². The van der Waals surface area contributed by atoms with Crippen LogP contribution in [0.4, 0.5) is 0 Å². The zero-order valence-electron chi connectivity index (χ0n) is 12.8. The van der Waals surface area contributed by atoms with E-state index in [9.17, 15) is 4.79 Å². The summed E-state index contributed by atoms with van der Waals surface area (Å²) in [6, 6.07) is 22.0. The lowest BCUT2D eigenvalue weighted by molar-refractivity contribution is 0.0697. The standard InChI is InChI=1S/C20H15ClO3/c21-19-11-8-16(20(22)23)12-18(19)15-6-9-17(10-7-15)24-13-14-4-2-1-3-5-14/h1-12H,13H2,(H,22,23). The van der Waals surface area contributed by atoms with Crippen LogP contribution in [-0.4, -0.2) is 11.1 Å². The highest BCUT2D eigenvalue weighted by Crippen LogP contribution is 2.30. The lowest BCUT2D eigenvalue weighted by Gasteiger charge is -2.09. The summed E-state index contributed by atoms with van der Waals surface area (Å²) in [5, 5.41) is 9.62. The Balaban J connectivity index is 1.77. The second-order valence-corrected chi connectivity index (χ2v) is 5.71. The van der Waals surface area contributed by atoms with Crippen molar-refractivity contribution >= 4 is 17.6 Å². The molecule has 0 amide bonds. The molecule has 0 atom stereocenters. The Labute approximate surface area is 145 Å². The monoisotopic (exact) mass is 338 g/mol. The molecule has 0 aromatic heterocycles. The number of carbonyl (C=O) groups is 1. The summed E-state index contributed by atoms with van der Waals surface area (Å²) in [5.74, 6) is -0.233. The molecular weight excluding hydrogens is 324 g/mol. The van der Waals surface area contributed by atoms with E-state index in [-0.39, 0.29) is 5.56 Å². The number of benzene rings is 3. The Hall–Kier alpha value is -2.78. The van der Waals surface area contributed by atoms with E-state index in [0.29, 0.717) is 17.2 Å². The molecule has 0 aliphatic carbocycles. The highest BCUT2D eigenvalue weighted by molar-refractivity contribution is 6.33. The first-order chi connectivity index (χ1) is 11.6. The maximum atomic E-state index is 11.1. The van der Waals surface area contributed by atoms with Crippen LogP contribution in [0.5, 0.6) is 5.75 Å². The van der Waals surface area contributed by atoms with Gasteiger partial charge in [-0.15, -0.1) is 0 Å². The van der Waals surface area contributed by atoms with Gasteiger partial charge in [-0.2, -0.15) is 0 Å². The van der Waals surface area contributed by atoms with Crippen molar-refractivity contribution in [3.05, 3.63) is 88.9 Å². The number of carboxylic acids is 1. The Morgan fingerprint density at radius 2 is 1.67 bits per heavy atom. The van der Waals surface area contributed by atoms with Crippen molar-refractivity contribution in [3.63, 3.8) is 0 Å². The van der Waals surface area contributed by atoms with E-state index in [0.717, 1.165) is 16.9 Å². The molecule has 0 spiro atoms. The number of aromatic carboxylic acids is 1. The average molecular weight is 339 g/mol. The molecule has 3 aromatic rings. The number of hydrogen-bond acceptors (Lipinski definition) is 2. The van der Waals surface area contributed by atoms with Gasteiger partial charge in [-0.1, -0.05) is 54.1 Å². The molecule has 24 heavy (non-hydrogen) atoms. The zero-order chi connectivity index (χ0) is 16.9. The summed E-state index contributed by atoms with van der Waals surface area (Å²) < 4.78 is 5.75. The van der Waals surface area contributed by atoms with Gasteiger partial charge in [-0.3, -0.25) is 0 Å². The predicted molar refractivity (Wildman–Crippen MR) is 94.6 cm³/mol. The number of halogens is 1. The molecule has 0 saturated carbocycles. The highest BCUT2D eigenvalue weighted by Gasteiger charge is 2.09. The molecule has 1 N–H and O–H groups in total. The Kier molecular flexibility index (Phi) is 4.82. The fourth-order valence-corrected chi connectivity index (χ4v) is 2.58. The van der Waals surface area contributed by atoms with Gasteiger partial charge in [-0.25, -0.2) is 4.79 Å². The molecule has 0 heterocycles. The highest BCUT2D eigenvalue weighted by atomic mass is 35.5. The second-order valence-electron chi connectivity index (χ2n) is 5.30. The van der Waals surface area contributed by atoms with Crippen molar-refractivity contribution in [2.24, 2.45) is 0 Å². The first-order valence-corrected chi connectivity index (χ1v) is 7.81. The molecule has 3 aromatic carbocycles. The summed E-state index contributed by atoms with van der Waals surface area (Å²) in [7, 11) is 0. The summed E-state index contributed by atoms with van der Waals surface area (Å²) in [6.45, 7) is 0.495.